The molecule has 0 aromatic heterocycles. The molecule has 0 fully saturated rings. The summed E-state index contributed by atoms with van der Waals surface area (Å²) < 4.78 is 26.2. The molecule has 0 spiro atoms. The number of nitrogens with zero attached hydrogens (tertiary/aromatic N) is 2. The highest BCUT2D eigenvalue weighted by molar-refractivity contribution is 7.90. The average Bonchev–Trinajstić information content (AvgIpc) is 3.00. The minimum absolute atomic E-state index is 0.00401. The van der Waals surface area contributed by atoms with Gasteiger partial charge in [0, 0.05) is 26.1 Å². The van der Waals surface area contributed by atoms with Crippen LogP contribution in [0.15, 0.2) is 59.5 Å². The van der Waals surface area contributed by atoms with E-state index in [-0.39, 0.29) is 41.7 Å². The van der Waals surface area contributed by atoms with E-state index in [9.17, 15) is 22.8 Å². The zero-order valence-corrected chi connectivity index (χ0v) is 19.7. The minimum Gasteiger partial charge on any atom is -0.355 e. The Bertz CT molecular complexity index is 1120. The van der Waals surface area contributed by atoms with Crippen molar-refractivity contribution < 1.29 is 22.8 Å². The number of sulfonamides is 1. The quantitative estimate of drug-likeness (QED) is 0.572. The van der Waals surface area contributed by atoms with Crippen molar-refractivity contribution in [3.8, 4) is 0 Å². The maximum atomic E-state index is 13.0. The molecule has 1 aliphatic heterocycles. The van der Waals surface area contributed by atoms with Gasteiger partial charge in [-0.3, -0.25) is 14.4 Å². The number of fused-ring (bicyclic) bond motifs is 1. The molecule has 2 aromatic rings. The van der Waals surface area contributed by atoms with Gasteiger partial charge in [-0.15, -0.1) is 0 Å². The molecule has 176 valence electrons. The topological polar surface area (TPSA) is 104 Å². The highest BCUT2D eigenvalue weighted by Crippen LogP contribution is 2.30. The summed E-state index contributed by atoms with van der Waals surface area (Å²) in [6.07, 6.45) is 0.778. The van der Waals surface area contributed by atoms with Gasteiger partial charge < -0.3 is 10.2 Å². The lowest BCUT2D eigenvalue weighted by molar-refractivity contribution is -0.140. The lowest BCUT2D eigenvalue weighted by atomic mass is 10.1. The van der Waals surface area contributed by atoms with E-state index >= 15 is 0 Å². The largest absolute Gasteiger partial charge is 0.355 e. The Morgan fingerprint density at radius 3 is 2.39 bits per heavy atom. The first kappa shape index (κ1) is 24.4. The summed E-state index contributed by atoms with van der Waals surface area (Å²) in [4.78, 5) is 39.5. The highest BCUT2D eigenvalue weighted by atomic mass is 32.2. The second-order valence-corrected chi connectivity index (χ2v) is 9.71. The number of likely N-dealkylation sites (N-methyl/N-ethyl adjacent to an activating group) is 1. The molecule has 0 radical (unpaired) electrons. The molecule has 1 N–H and O–H groups in total. The summed E-state index contributed by atoms with van der Waals surface area (Å²) >= 11 is 0. The monoisotopic (exact) mass is 471 g/mol. The molecule has 3 amide bonds. The molecule has 1 atom stereocenters. The smallest absolute Gasteiger partial charge is 0.269 e. The van der Waals surface area contributed by atoms with Gasteiger partial charge in [0.15, 0.2) is 0 Å². The highest BCUT2D eigenvalue weighted by Gasteiger charge is 2.40. The Morgan fingerprint density at radius 1 is 1.06 bits per heavy atom. The average molecular weight is 472 g/mol. The molecule has 0 saturated heterocycles. The van der Waals surface area contributed by atoms with E-state index in [1.54, 1.807) is 19.1 Å². The van der Waals surface area contributed by atoms with Crippen LogP contribution in [-0.4, -0.2) is 61.0 Å². The number of amides is 3. The Hall–Kier alpha value is -3.20. The molecule has 1 aliphatic rings. The van der Waals surface area contributed by atoms with Gasteiger partial charge in [0.25, 0.3) is 15.9 Å². The van der Waals surface area contributed by atoms with Crippen molar-refractivity contribution in [1.82, 2.24) is 14.5 Å². The molecule has 2 aromatic carbocycles. The fourth-order valence-electron chi connectivity index (χ4n) is 3.86. The van der Waals surface area contributed by atoms with E-state index in [0.717, 1.165) is 9.87 Å². The molecular formula is C24H29N3O5S. The lowest BCUT2D eigenvalue weighted by Gasteiger charge is -2.29. The molecule has 1 heterocycles. The summed E-state index contributed by atoms with van der Waals surface area (Å²) in [6.45, 7) is 4.21. The normalized spacial score (nSPS) is 15.1. The van der Waals surface area contributed by atoms with Crippen molar-refractivity contribution in [2.75, 3.05) is 19.6 Å². The standard InChI is InChI=1S/C24H29N3O5S/c1-3-25-23(29)18(2)26(17-15-19-10-5-4-6-11-19)22(28)14-9-16-27-24(30)20-12-7-8-13-21(20)33(27,31)32/h4-8,10-13,18H,3,9,14-17H2,1-2H3,(H,25,29)/t18-/m0/s1. The number of carbonyl (C=O) groups excluding carboxylic acids is 3. The van der Waals surface area contributed by atoms with Crippen molar-refractivity contribution in [2.45, 2.75) is 44.0 Å². The van der Waals surface area contributed by atoms with Gasteiger partial charge >= 0.3 is 0 Å². The van der Waals surface area contributed by atoms with Crippen molar-refractivity contribution in [3.05, 3.63) is 65.7 Å². The zero-order chi connectivity index (χ0) is 24.0. The van der Waals surface area contributed by atoms with E-state index < -0.39 is 22.0 Å². The molecule has 0 aliphatic carbocycles. The van der Waals surface area contributed by atoms with Gasteiger partial charge in [-0.25, -0.2) is 12.7 Å². The van der Waals surface area contributed by atoms with Gasteiger partial charge in [0.2, 0.25) is 11.8 Å². The first-order valence-corrected chi connectivity index (χ1v) is 12.5. The third kappa shape index (κ3) is 5.42. The number of hydrogen-bond acceptors (Lipinski definition) is 5. The van der Waals surface area contributed by atoms with E-state index in [4.69, 9.17) is 0 Å². The van der Waals surface area contributed by atoms with Crippen molar-refractivity contribution in [2.24, 2.45) is 0 Å². The van der Waals surface area contributed by atoms with Gasteiger partial charge in [-0.1, -0.05) is 42.5 Å². The van der Waals surface area contributed by atoms with Crippen LogP contribution in [0.5, 0.6) is 0 Å². The third-order valence-corrected chi connectivity index (χ3v) is 7.51. The van der Waals surface area contributed by atoms with E-state index in [1.807, 2.05) is 37.3 Å². The van der Waals surface area contributed by atoms with Gasteiger partial charge in [0.1, 0.15) is 10.9 Å². The second kappa shape index (κ2) is 10.6. The molecule has 9 heteroatoms. The Kier molecular flexibility index (Phi) is 7.86. The Labute approximate surface area is 194 Å². The number of hydrogen-bond donors (Lipinski definition) is 1. The van der Waals surface area contributed by atoms with Crippen LogP contribution < -0.4 is 5.32 Å². The number of rotatable bonds is 10. The van der Waals surface area contributed by atoms with Crippen LogP contribution in [0, 0.1) is 0 Å². The minimum atomic E-state index is -3.90. The van der Waals surface area contributed by atoms with Crippen molar-refractivity contribution >= 4 is 27.7 Å². The van der Waals surface area contributed by atoms with Crippen LogP contribution in [0.1, 0.15) is 42.6 Å². The molecule has 3 rings (SSSR count). The predicted molar refractivity (Wildman–Crippen MR) is 124 cm³/mol. The molecule has 0 unspecified atom stereocenters. The van der Waals surface area contributed by atoms with Crippen molar-refractivity contribution in [3.63, 3.8) is 0 Å². The van der Waals surface area contributed by atoms with Crippen LogP contribution in [0.4, 0.5) is 0 Å². The van der Waals surface area contributed by atoms with E-state index in [0.29, 0.717) is 19.5 Å². The van der Waals surface area contributed by atoms with Crippen LogP contribution in [0.3, 0.4) is 0 Å². The SMILES string of the molecule is CCNC(=O)[C@H](C)N(CCc1ccccc1)C(=O)CCCN1C(=O)c2ccccc2S1(=O)=O. The zero-order valence-electron chi connectivity index (χ0n) is 18.9. The van der Waals surface area contributed by atoms with Gasteiger partial charge in [0.05, 0.1) is 5.56 Å². The first-order chi connectivity index (χ1) is 15.8. The van der Waals surface area contributed by atoms with Gasteiger partial charge in [-0.05, 0) is 44.4 Å². The maximum Gasteiger partial charge on any atom is 0.269 e. The summed E-state index contributed by atoms with van der Waals surface area (Å²) in [6, 6.07) is 15.1. The number of nitrogens with one attached hydrogen (secondary N) is 1. The van der Waals surface area contributed by atoms with Crippen molar-refractivity contribution in [1.29, 1.82) is 0 Å². The van der Waals surface area contributed by atoms with E-state index in [2.05, 4.69) is 5.32 Å². The molecule has 8 nitrogen and oxygen atoms in total. The molecule has 0 bridgehead atoms. The number of carbonyl (C=O) groups is 3. The van der Waals surface area contributed by atoms with E-state index in [1.165, 1.54) is 17.0 Å². The Balaban J connectivity index is 1.65. The Morgan fingerprint density at radius 2 is 1.73 bits per heavy atom. The molecule has 0 saturated carbocycles. The first-order valence-electron chi connectivity index (χ1n) is 11.0. The lowest BCUT2D eigenvalue weighted by Crippen LogP contribution is -2.48. The predicted octanol–water partition coefficient (Wildman–Crippen LogP) is 2.21. The van der Waals surface area contributed by atoms with Crippen LogP contribution >= 0.6 is 0 Å². The summed E-state index contributed by atoms with van der Waals surface area (Å²) in [7, 11) is -3.90. The fourth-order valence-corrected chi connectivity index (χ4v) is 5.47. The van der Waals surface area contributed by atoms with Gasteiger partial charge in [-0.2, -0.15) is 0 Å². The maximum absolute atomic E-state index is 13.0. The summed E-state index contributed by atoms with van der Waals surface area (Å²) in [5.41, 5.74) is 1.20. The van der Waals surface area contributed by atoms with Crippen LogP contribution in [0.25, 0.3) is 0 Å². The molecule has 33 heavy (non-hydrogen) atoms. The third-order valence-electron chi connectivity index (χ3n) is 5.67. The summed E-state index contributed by atoms with van der Waals surface area (Å²) in [5, 5.41) is 2.74. The summed E-state index contributed by atoms with van der Waals surface area (Å²) in [5.74, 6) is -1.08. The van der Waals surface area contributed by atoms with Crippen LogP contribution in [-0.2, 0) is 26.0 Å². The fraction of sp³-hybridized carbons (Fsp3) is 0.375. The van der Waals surface area contributed by atoms with Crippen LogP contribution in [0.2, 0.25) is 0 Å². The molecular weight excluding hydrogens is 442 g/mol. The second-order valence-electron chi connectivity index (χ2n) is 7.88. The number of benzene rings is 2.